The fraction of sp³-hybridized carbons (Fsp3) is 0.0667. The second-order valence-electron chi connectivity index (χ2n) is 8.52. The summed E-state index contributed by atoms with van der Waals surface area (Å²) in [6.45, 7) is 1.75. The van der Waals surface area contributed by atoms with Crippen molar-refractivity contribution in [3.63, 3.8) is 0 Å². The maximum absolute atomic E-state index is 13.4. The summed E-state index contributed by atoms with van der Waals surface area (Å²) in [6, 6.07) is 24.2. The van der Waals surface area contributed by atoms with E-state index in [1.807, 2.05) is 6.07 Å². The van der Waals surface area contributed by atoms with Gasteiger partial charge in [-0.3, -0.25) is 14.4 Å². The van der Waals surface area contributed by atoms with Gasteiger partial charge in [0.15, 0.2) is 0 Å². The Morgan fingerprint density at radius 1 is 0.925 bits per heavy atom. The molecule has 0 radical (unpaired) electrons. The number of anilines is 2. The number of aromatic nitrogens is 1. The molecule has 1 unspecified atom stereocenters. The summed E-state index contributed by atoms with van der Waals surface area (Å²) >= 11 is 7.14. The zero-order chi connectivity index (χ0) is 28.5. The third-order valence-corrected chi connectivity index (χ3v) is 6.78. The summed E-state index contributed by atoms with van der Waals surface area (Å²) in [7, 11) is 0. The Bertz CT molecular complexity index is 1530. The van der Waals surface area contributed by atoms with E-state index in [4.69, 9.17) is 11.6 Å². The summed E-state index contributed by atoms with van der Waals surface area (Å²) < 4.78 is 13.4. The van der Waals surface area contributed by atoms with Crippen LogP contribution in [0.2, 0.25) is 5.02 Å². The molecule has 0 fully saturated rings. The normalized spacial score (nSPS) is 11.8. The lowest BCUT2D eigenvalue weighted by atomic mass is 10.1. The standard InChI is InChI=1S/C30H24ClFN4O3S/c1-19(28(37)36-27-15-12-22(31)18-33-27)40-25-9-5-8-24(17-25)34-30(39)26(16-20-10-13-23(32)14-11-20)35-29(38)21-6-3-2-4-7-21/h2-19H,1H3,(H,34,39)(H,35,38)(H,33,36,37)/b26-16-. The molecule has 0 aliphatic heterocycles. The fourth-order valence-corrected chi connectivity index (χ4v) is 4.49. The number of nitrogens with one attached hydrogen (secondary N) is 3. The average molecular weight is 575 g/mol. The van der Waals surface area contributed by atoms with E-state index in [0.717, 1.165) is 4.90 Å². The molecule has 4 aromatic rings. The van der Waals surface area contributed by atoms with Gasteiger partial charge in [0, 0.05) is 22.3 Å². The summed E-state index contributed by atoms with van der Waals surface area (Å²) in [6.07, 6.45) is 2.91. The lowest BCUT2D eigenvalue weighted by Gasteiger charge is -2.14. The third kappa shape index (κ3) is 8.26. The average Bonchev–Trinajstić information content (AvgIpc) is 2.95. The Morgan fingerprint density at radius 2 is 1.68 bits per heavy atom. The molecule has 0 bridgehead atoms. The van der Waals surface area contributed by atoms with Gasteiger partial charge in [0.1, 0.15) is 17.3 Å². The maximum Gasteiger partial charge on any atom is 0.272 e. The molecule has 40 heavy (non-hydrogen) atoms. The van der Waals surface area contributed by atoms with Gasteiger partial charge >= 0.3 is 0 Å². The predicted molar refractivity (Wildman–Crippen MR) is 157 cm³/mol. The third-order valence-electron chi connectivity index (χ3n) is 5.46. The summed E-state index contributed by atoms with van der Waals surface area (Å²) in [5, 5.41) is 8.17. The minimum Gasteiger partial charge on any atom is -0.321 e. The van der Waals surface area contributed by atoms with Crippen LogP contribution in [-0.2, 0) is 9.59 Å². The van der Waals surface area contributed by atoms with E-state index in [9.17, 15) is 18.8 Å². The van der Waals surface area contributed by atoms with Crippen molar-refractivity contribution < 1.29 is 18.8 Å². The highest BCUT2D eigenvalue weighted by Gasteiger charge is 2.17. The van der Waals surface area contributed by atoms with Crippen LogP contribution < -0.4 is 16.0 Å². The number of hydrogen-bond acceptors (Lipinski definition) is 5. The molecule has 0 saturated heterocycles. The molecule has 0 aliphatic rings. The van der Waals surface area contributed by atoms with E-state index >= 15 is 0 Å². The summed E-state index contributed by atoms with van der Waals surface area (Å²) in [5.41, 5.74) is 1.33. The van der Waals surface area contributed by atoms with Crippen LogP contribution >= 0.6 is 23.4 Å². The zero-order valence-corrected chi connectivity index (χ0v) is 22.8. The number of carbonyl (C=O) groups is 3. The molecule has 0 aliphatic carbocycles. The van der Waals surface area contributed by atoms with Gasteiger partial charge in [-0.25, -0.2) is 9.37 Å². The smallest absolute Gasteiger partial charge is 0.272 e. The summed E-state index contributed by atoms with van der Waals surface area (Å²) in [4.78, 5) is 43.5. The van der Waals surface area contributed by atoms with Crippen LogP contribution in [0.1, 0.15) is 22.8 Å². The number of amides is 3. The van der Waals surface area contributed by atoms with Crippen LogP contribution in [0.3, 0.4) is 0 Å². The predicted octanol–water partition coefficient (Wildman–Crippen LogP) is 6.40. The van der Waals surface area contributed by atoms with Gasteiger partial charge in [-0.15, -0.1) is 11.8 Å². The van der Waals surface area contributed by atoms with Crippen LogP contribution in [0, 0.1) is 5.82 Å². The second kappa shape index (κ2) is 13.5. The minimum absolute atomic E-state index is 0.0262. The number of thioether (sulfide) groups is 1. The number of carbonyl (C=O) groups excluding carboxylic acids is 3. The molecule has 1 heterocycles. The molecule has 0 saturated carbocycles. The Kier molecular flexibility index (Phi) is 9.66. The van der Waals surface area contributed by atoms with Crippen LogP contribution in [0.15, 0.2) is 108 Å². The van der Waals surface area contributed by atoms with E-state index in [1.54, 1.807) is 67.6 Å². The summed E-state index contributed by atoms with van der Waals surface area (Å²) in [5.74, 6) is -1.32. The minimum atomic E-state index is -0.574. The SMILES string of the molecule is CC(Sc1cccc(NC(=O)/C(=C/c2ccc(F)cc2)NC(=O)c2ccccc2)c1)C(=O)Nc1ccc(Cl)cn1. The highest BCUT2D eigenvalue weighted by Crippen LogP contribution is 2.27. The Labute approximate surface area is 239 Å². The molecular formula is C30H24ClFN4O3S. The molecule has 7 nitrogen and oxygen atoms in total. The number of nitrogens with zero attached hydrogens (tertiary/aromatic N) is 1. The molecular weight excluding hydrogens is 551 g/mol. The first-order chi connectivity index (χ1) is 19.3. The van der Waals surface area contributed by atoms with Crippen molar-refractivity contribution in [1.29, 1.82) is 0 Å². The topological polar surface area (TPSA) is 100 Å². The largest absolute Gasteiger partial charge is 0.321 e. The van der Waals surface area contributed by atoms with Crippen LogP contribution in [0.25, 0.3) is 6.08 Å². The monoisotopic (exact) mass is 574 g/mol. The number of hydrogen-bond donors (Lipinski definition) is 3. The van der Waals surface area contributed by atoms with Gasteiger partial charge in [-0.1, -0.05) is 48.0 Å². The number of benzene rings is 3. The first-order valence-corrected chi connectivity index (χ1v) is 13.4. The van der Waals surface area contributed by atoms with Gasteiger partial charge in [-0.05, 0) is 73.2 Å². The van der Waals surface area contributed by atoms with E-state index in [1.165, 1.54) is 48.3 Å². The van der Waals surface area contributed by atoms with Gasteiger partial charge in [0.2, 0.25) is 5.91 Å². The quantitative estimate of drug-likeness (QED) is 0.159. The molecule has 1 atom stereocenters. The van der Waals surface area contributed by atoms with Crippen molar-refractivity contribution >= 4 is 58.7 Å². The molecule has 10 heteroatoms. The fourth-order valence-electron chi connectivity index (χ4n) is 3.45. The van der Waals surface area contributed by atoms with Crippen LogP contribution in [0.5, 0.6) is 0 Å². The van der Waals surface area contributed by atoms with Crippen LogP contribution in [-0.4, -0.2) is 28.0 Å². The van der Waals surface area contributed by atoms with Crippen molar-refractivity contribution in [2.24, 2.45) is 0 Å². The first kappa shape index (κ1) is 28.5. The number of rotatable bonds is 9. The molecule has 1 aromatic heterocycles. The number of pyridine rings is 1. The lowest BCUT2D eigenvalue weighted by molar-refractivity contribution is -0.115. The molecule has 3 N–H and O–H groups in total. The van der Waals surface area contributed by atoms with Crippen LogP contribution in [0.4, 0.5) is 15.9 Å². The van der Waals surface area contributed by atoms with Gasteiger partial charge in [-0.2, -0.15) is 0 Å². The molecule has 4 rings (SSSR count). The van der Waals surface area contributed by atoms with E-state index in [0.29, 0.717) is 27.7 Å². The highest BCUT2D eigenvalue weighted by atomic mass is 35.5. The Hall–Kier alpha value is -4.47. The Morgan fingerprint density at radius 3 is 2.38 bits per heavy atom. The van der Waals surface area contributed by atoms with E-state index in [2.05, 4.69) is 20.9 Å². The van der Waals surface area contributed by atoms with Crippen molar-refractivity contribution in [1.82, 2.24) is 10.3 Å². The number of halogens is 2. The molecule has 0 spiro atoms. The second-order valence-corrected chi connectivity index (χ2v) is 10.4. The first-order valence-electron chi connectivity index (χ1n) is 12.1. The highest BCUT2D eigenvalue weighted by molar-refractivity contribution is 8.00. The van der Waals surface area contributed by atoms with E-state index in [-0.39, 0.29) is 11.6 Å². The van der Waals surface area contributed by atoms with Gasteiger partial charge in [0.25, 0.3) is 11.8 Å². The Balaban J connectivity index is 1.47. The molecule has 3 amide bonds. The van der Waals surface area contributed by atoms with Crippen molar-refractivity contribution in [2.45, 2.75) is 17.1 Å². The van der Waals surface area contributed by atoms with Gasteiger partial charge in [0.05, 0.1) is 10.3 Å². The zero-order valence-electron chi connectivity index (χ0n) is 21.2. The maximum atomic E-state index is 13.4. The molecule has 3 aromatic carbocycles. The van der Waals surface area contributed by atoms with Crippen molar-refractivity contribution in [2.75, 3.05) is 10.6 Å². The van der Waals surface area contributed by atoms with Gasteiger partial charge < -0.3 is 16.0 Å². The lowest BCUT2D eigenvalue weighted by Crippen LogP contribution is -2.30. The van der Waals surface area contributed by atoms with E-state index < -0.39 is 22.9 Å². The molecule has 202 valence electrons. The van der Waals surface area contributed by atoms with Crippen molar-refractivity contribution in [3.05, 3.63) is 125 Å². The van der Waals surface area contributed by atoms with Crippen molar-refractivity contribution in [3.8, 4) is 0 Å².